The zero-order valence-corrected chi connectivity index (χ0v) is 14.2. The first kappa shape index (κ1) is 17.7. The van der Waals surface area contributed by atoms with Gasteiger partial charge in [0.25, 0.3) is 0 Å². The number of aromatic nitrogens is 1. The Hall–Kier alpha value is -2.60. The lowest BCUT2D eigenvalue weighted by Gasteiger charge is -2.12. The SMILES string of the molecule is COc1cc(Cl)c(C)cc1NC(=O)CC(=O)NCc1ccncc1. The first-order chi connectivity index (χ1) is 11.5. The van der Waals surface area contributed by atoms with Crippen LogP contribution in [-0.2, 0) is 16.1 Å². The third-order valence-corrected chi connectivity index (χ3v) is 3.72. The van der Waals surface area contributed by atoms with Crippen LogP contribution < -0.4 is 15.4 Å². The van der Waals surface area contributed by atoms with Gasteiger partial charge in [-0.3, -0.25) is 14.6 Å². The first-order valence-corrected chi connectivity index (χ1v) is 7.67. The summed E-state index contributed by atoms with van der Waals surface area (Å²) in [5.41, 5.74) is 2.19. The number of hydrogen-bond acceptors (Lipinski definition) is 4. The Morgan fingerprint density at radius 3 is 2.58 bits per heavy atom. The largest absolute Gasteiger partial charge is 0.495 e. The molecule has 0 atom stereocenters. The zero-order chi connectivity index (χ0) is 17.5. The lowest BCUT2D eigenvalue weighted by Crippen LogP contribution is -2.27. The molecule has 0 saturated heterocycles. The van der Waals surface area contributed by atoms with Gasteiger partial charge in [-0.25, -0.2) is 0 Å². The Bertz CT molecular complexity index is 735. The van der Waals surface area contributed by atoms with Gasteiger partial charge in [0.2, 0.25) is 11.8 Å². The third-order valence-electron chi connectivity index (χ3n) is 3.31. The number of carbonyl (C=O) groups excluding carboxylic acids is 2. The summed E-state index contributed by atoms with van der Waals surface area (Å²) in [4.78, 5) is 27.8. The summed E-state index contributed by atoms with van der Waals surface area (Å²) in [7, 11) is 1.48. The highest BCUT2D eigenvalue weighted by atomic mass is 35.5. The summed E-state index contributed by atoms with van der Waals surface area (Å²) < 4.78 is 5.19. The molecular formula is C17H18ClN3O3. The van der Waals surface area contributed by atoms with Crippen molar-refractivity contribution in [2.45, 2.75) is 19.9 Å². The molecule has 0 radical (unpaired) electrons. The molecule has 126 valence electrons. The average Bonchev–Trinajstić information content (AvgIpc) is 2.57. The van der Waals surface area contributed by atoms with E-state index in [9.17, 15) is 9.59 Å². The molecular weight excluding hydrogens is 330 g/mol. The van der Waals surface area contributed by atoms with Crippen LogP contribution in [0.15, 0.2) is 36.7 Å². The van der Waals surface area contributed by atoms with Gasteiger partial charge in [-0.05, 0) is 36.2 Å². The minimum absolute atomic E-state index is 0.282. The van der Waals surface area contributed by atoms with Gasteiger partial charge in [-0.2, -0.15) is 0 Å². The predicted molar refractivity (Wildman–Crippen MR) is 92.1 cm³/mol. The van der Waals surface area contributed by atoms with E-state index in [-0.39, 0.29) is 12.3 Å². The van der Waals surface area contributed by atoms with Crippen LogP contribution in [0.5, 0.6) is 5.75 Å². The molecule has 0 unspecified atom stereocenters. The van der Waals surface area contributed by atoms with Crippen LogP contribution in [0.1, 0.15) is 17.5 Å². The number of amides is 2. The third kappa shape index (κ3) is 4.96. The monoisotopic (exact) mass is 347 g/mol. The number of nitrogens with zero attached hydrogens (tertiary/aromatic N) is 1. The molecule has 0 bridgehead atoms. The summed E-state index contributed by atoms with van der Waals surface area (Å²) in [6, 6.07) is 6.91. The van der Waals surface area contributed by atoms with Gasteiger partial charge in [-0.15, -0.1) is 0 Å². The zero-order valence-electron chi connectivity index (χ0n) is 13.4. The number of aryl methyl sites for hydroxylation is 1. The van der Waals surface area contributed by atoms with E-state index in [2.05, 4.69) is 15.6 Å². The Labute approximate surface area is 145 Å². The van der Waals surface area contributed by atoms with E-state index in [4.69, 9.17) is 16.3 Å². The van der Waals surface area contributed by atoms with Crippen molar-refractivity contribution in [2.24, 2.45) is 0 Å². The summed E-state index contributed by atoms with van der Waals surface area (Å²) in [5, 5.41) is 5.89. The number of methoxy groups -OCH3 is 1. The number of pyridine rings is 1. The Kier molecular flexibility index (Phi) is 6.14. The summed E-state index contributed by atoms with van der Waals surface area (Å²) in [6.45, 7) is 2.16. The molecule has 0 aliphatic heterocycles. The lowest BCUT2D eigenvalue weighted by molar-refractivity contribution is -0.126. The molecule has 1 heterocycles. The van der Waals surface area contributed by atoms with E-state index < -0.39 is 5.91 Å². The van der Waals surface area contributed by atoms with Gasteiger partial charge in [0, 0.05) is 30.0 Å². The molecule has 0 saturated carbocycles. The van der Waals surface area contributed by atoms with Crippen LogP contribution in [0.25, 0.3) is 0 Å². The Morgan fingerprint density at radius 1 is 1.21 bits per heavy atom. The topological polar surface area (TPSA) is 80.3 Å². The number of anilines is 1. The van der Waals surface area contributed by atoms with Gasteiger partial charge < -0.3 is 15.4 Å². The molecule has 7 heteroatoms. The lowest BCUT2D eigenvalue weighted by atomic mass is 10.2. The molecule has 6 nitrogen and oxygen atoms in total. The minimum Gasteiger partial charge on any atom is -0.495 e. The van der Waals surface area contributed by atoms with Gasteiger partial charge in [0.1, 0.15) is 12.2 Å². The maximum absolute atomic E-state index is 12.0. The van der Waals surface area contributed by atoms with E-state index in [0.717, 1.165) is 11.1 Å². The fraction of sp³-hybridized carbons (Fsp3) is 0.235. The molecule has 1 aromatic carbocycles. The van der Waals surface area contributed by atoms with Crippen molar-refractivity contribution >= 4 is 29.1 Å². The molecule has 2 N–H and O–H groups in total. The molecule has 0 spiro atoms. The number of carbonyl (C=O) groups is 2. The summed E-state index contributed by atoms with van der Waals surface area (Å²) >= 11 is 6.02. The Balaban J connectivity index is 1.91. The second kappa shape index (κ2) is 8.31. The van der Waals surface area contributed by atoms with Crippen molar-refractivity contribution in [3.8, 4) is 5.75 Å². The number of benzene rings is 1. The highest BCUT2D eigenvalue weighted by Crippen LogP contribution is 2.30. The minimum atomic E-state index is -0.428. The van der Waals surface area contributed by atoms with Crippen LogP contribution in [-0.4, -0.2) is 23.9 Å². The van der Waals surface area contributed by atoms with Crippen molar-refractivity contribution in [3.05, 3.63) is 52.8 Å². The van der Waals surface area contributed by atoms with E-state index in [1.165, 1.54) is 7.11 Å². The van der Waals surface area contributed by atoms with Crippen LogP contribution >= 0.6 is 11.6 Å². The van der Waals surface area contributed by atoms with Gasteiger partial charge >= 0.3 is 0 Å². The maximum atomic E-state index is 12.0. The number of hydrogen-bond donors (Lipinski definition) is 2. The van der Waals surface area contributed by atoms with Crippen molar-refractivity contribution in [1.82, 2.24) is 10.3 Å². The number of rotatable bonds is 6. The fourth-order valence-corrected chi connectivity index (χ4v) is 2.19. The van der Waals surface area contributed by atoms with Crippen LogP contribution in [0.4, 0.5) is 5.69 Å². The van der Waals surface area contributed by atoms with Crippen molar-refractivity contribution in [2.75, 3.05) is 12.4 Å². The molecule has 2 rings (SSSR count). The van der Waals surface area contributed by atoms with Crippen molar-refractivity contribution in [3.63, 3.8) is 0 Å². The van der Waals surface area contributed by atoms with E-state index >= 15 is 0 Å². The first-order valence-electron chi connectivity index (χ1n) is 7.29. The van der Waals surface area contributed by atoms with Gasteiger partial charge in [0.05, 0.1) is 12.8 Å². The van der Waals surface area contributed by atoms with Crippen molar-refractivity contribution < 1.29 is 14.3 Å². The van der Waals surface area contributed by atoms with Crippen molar-refractivity contribution in [1.29, 1.82) is 0 Å². The highest BCUT2D eigenvalue weighted by Gasteiger charge is 2.13. The van der Waals surface area contributed by atoms with E-state index in [0.29, 0.717) is 23.0 Å². The normalized spacial score (nSPS) is 10.1. The molecule has 2 amide bonds. The van der Waals surface area contributed by atoms with Crippen LogP contribution in [0.2, 0.25) is 5.02 Å². The molecule has 1 aromatic heterocycles. The fourth-order valence-electron chi connectivity index (χ4n) is 2.03. The van der Waals surface area contributed by atoms with Gasteiger partial charge in [-0.1, -0.05) is 11.6 Å². The molecule has 0 aliphatic rings. The van der Waals surface area contributed by atoms with E-state index in [1.54, 1.807) is 36.7 Å². The van der Waals surface area contributed by atoms with Gasteiger partial charge in [0.15, 0.2) is 0 Å². The molecule has 2 aromatic rings. The van der Waals surface area contributed by atoms with Crippen LogP contribution in [0, 0.1) is 6.92 Å². The smallest absolute Gasteiger partial charge is 0.233 e. The Morgan fingerprint density at radius 2 is 1.92 bits per heavy atom. The summed E-state index contributed by atoms with van der Waals surface area (Å²) in [6.07, 6.45) is 3.00. The van der Waals surface area contributed by atoms with Crippen LogP contribution in [0.3, 0.4) is 0 Å². The highest BCUT2D eigenvalue weighted by molar-refractivity contribution is 6.31. The molecule has 24 heavy (non-hydrogen) atoms. The predicted octanol–water partition coefficient (Wildman–Crippen LogP) is 2.70. The summed E-state index contributed by atoms with van der Waals surface area (Å²) in [5.74, 6) is -0.354. The average molecular weight is 348 g/mol. The second-order valence-corrected chi connectivity index (χ2v) is 5.57. The standard InChI is InChI=1S/C17H18ClN3O3/c1-11-7-14(15(24-2)8-13(11)18)21-17(23)9-16(22)20-10-12-3-5-19-6-4-12/h3-8H,9-10H2,1-2H3,(H,20,22)(H,21,23). The maximum Gasteiger partial charge on any atom is 0.233 e. The molecule has 0 fully saturated rings. The number of halogens is 1. The number of nitrogens with one attached hydrogen (secondary N) is 2. The number of ether oxygens (including phenoxy) is 1. The molecule has 0 aliphatic carbocycles. The second-order valence-electron chi connectivity index (χ2n) is 5.16. The quantitative estimate of drug-likeness (QED) is 0.787. The van der Waals surface area contributed by atoms with E-state index in [1.807, 2.05) is 6.92 Å².